The lowest BCUT2D eigenvalue weighted by Crippen LogP contribution is -2.17. The van der Waals surface area contributed by atoms with Crippen LogP contribution in [-0.4, -0.2) is 32.9 Å². The molecule has 1 amide bonds. The van der Waals surface area contributed by atoms with Gasteiger partial charge in [-0.1, -0.05) is 11.6 Å². The molecule has 0 atom stereocenters. The molecule has 2 heterocycles. The van der Waals surface area contributed by atoms with Gasteiger partial charge in [-0.15, -0.1) is 0 Å². The van der Waals surface area contributed by atoms with E-state index in [9.17, 15) is 9.59 Å². The van der Waals surface area contributed by atoms with Crippen molar-refractivity contribution in [1.82, 2.24) is 25.3 Å². The van der Waals surface area contributed by atoms with E-state index >= 15 is 0 Å². The molecule has 2 aromatic heterocycles. The molecular weight excluding hydrogens is 362 g/mol. The number of nitrogens with zero attached hydrogens (tertiary/aromatic N) is 1. The smallest absolute Gasteiger partial charge is 0.323 e. The highest BCUT2D eigenvalue weighted by Gasteiger charge is 2.14. The molecule has 9 heteroatoms. The molecule has 7 nitrogen and oxygen atoms in total. The van der Waals surface area contributed by atoms with E-state index in [1.807, 2.05) is 6.07 Å². The van der Waals surface area contributed by atoms with E-state index in [2.05, 4.69) is 25.3 Å². The van der Waals surface area contributed by atoms with Crippen LogP contribution in [0.3, 0.4) is 0 Å². The van der Waals surface area contributed by atoms with E-state index in [1.54, 1.807) is 31.3 Å². The second-order valence-corrected chi connectivity index (χ2v) is 6.83. The number of hydrogen-bond acceptors (Lipinski definition) is 4. The Morgan fingerprint density at radius 2 is 2.00 bits per heavy atom. The maximum Gasteiger partial charge on any atom is 0.323 e. The van der Waals surface area contributed by atoms with Crippen molar-refractivity contribution in [3.8, 4) is 0 Å². The number of fused-ring (bicyclic) bond motifs is 2. The summed E-state index contributed by atoms with van der Waals surface area (Å²) in [7, 11) is 1.56. The minimum absolute atomic E-state index is 0.234. The summed E-state index contributed by atoms with van der Waals surface area (Å²) in [6.07, 6.45) is 0. The predicted molar refractivity (Wildman–Crippen MR) is 97.5 cm³/mol. The van der Waals surface area contributed by atoms with E-state index in [1.165, 1.54) is 11.8 Å². The van der Waals surface area contributed by atoms with E-state index in [0.717, 1.165) is 11.0 Å². The highest BCUT2D eigenvalue weighted by Crippen LogP contribution is 2.32. The van der Waals surface area contributed by atoms with Crippen molar-refractivity contribution in [3.05, 3.63) is 51.4 Å². The molecule has 0 fully saturated rings. The predicted octanol–water partition coefficient (Wildman–Crippen LogP) is 2.90. The average Bonchev–Trinajstić information content (AvgIpc) is 3.15. The van der Waals surface area contributed by atoms with Gasteiger partial charge in [0.25, 0.3) is 5.91 Å². The zero-order valence-electron chi connectivity index (χ0n) is 12.9. The van der Waals surface area contributed by atoms with Crippen LogP contribution in [0.4, 0.5) is 0 Å². The number of carbonyl (C=O) groups excluding carboxylic acids is 1. The summed E-state index contributed by atoms with van der Waals surface area (Å²) in [6, 6.07) is 8.74. The first-order chi connectivity index (χ1) is 12.0. The van der Waals surface area contributed by atoms with Crippen LogP contribution in [0.5, 0.6) is 0 Å². The van der Waals surface area contributed by atoms with Gasteiger partial charge in [0.1, 0.15) is 0 Å². The number of amides is 1. The normalized spacial score (nSPS) is 11.3. The molecule has 0 spiro atoms. The van der Waals surface area contributed by atoms with Gasteiger partial charge in [-0.3, -0.25) is 4.79 Å². The van der Waals surface area contributed by atoms with Crippen molar-refractivity contribution in [2.24, 2.45) is 0 Å². The summed E-state index contributed by atoms with van der Waals surface area (Å²) >= 11 is 7.32. The average molecular weight is 374 g/mol. The van der Waals surface area contributed by atoms with Crippen molar-refractivity contribution >= 4 is 51.3 Å². The van der Waals surface area contributed by atoms with Gasteiger partial charge in [0, 0.05) is 22.5 Å². The van der Waals surface area contributed by atoms with Crippen molar-refractivity contribution in [2.75, 3.05) is 7.05 Å². The molecule has 0 unspecified atom stereocenters. The lowest BCUT2D eigenvalue weighted by molar-refractivity contribution is 0.0963. The van der Waals surface area contributed by atoms with Gasteiger partial charge in [-0.2, -0.15) is 0 Å². The molecule has 0 aliphatic rings. The summed E-state index contributed by atoms with van der Waals surface area (Å²) in [5.74, 6) is -0.234. The van der Waals surface area contributed by atoms with Gasteiger partial charge in [0.2, 0.25) is 0 Å². The molecular formula is C16H12ClN5O2S. The van der Waals surface area contributed by atoms with E-state index in [4.69, 9.17) is 11.6 Å². The number of aromatic amines is 3. The number of hydrogen-bond donors (Lipinski definition) is 4. The maximum atomic E-state index is 12.0. The van der Waals surface area contributed by atoms with Gasteiger partial charge in [-0.05, 0) is 42.1 Å². The fourth-order valence-corrected chi connectivity index (χ4v) is 3.71. The molecule has 2 aromatic carbocycles. The zero-order valence-corrected chi connectivity index (χ0v) is 14.5. The monoisotopic (exact) mass is 373 g/mol. The number of imidazole rings is 2. The summed E-state index contributed by atoms with van der Waals surface area (Å²) in [4.78, 5) is 37.5. The Bertz CT molecular complexity index is 1180. The third-order valence-corrected chi connectivity index (χ3v) is 4.87. The molecule has 25 heavy (non-hydrogen) atoms. The van der Waals surface area contributed by atoms with Crippen molar-refractivity contribution < 1.29 is 4.79 Å². The standard InChI is InChI=1S/C16H12ClN5O2S/c1-18-14(23)7-4-11-13(22-15(24)19-11)12(5-7)25-16-20-9-3-2-8(17)6-10(9)21-16/h2-6H,1H3,(H,18,23)(H,20,21)(H2,19,22,24). The Labute approximate surface area is 150 Å². The lowest BCUT2D eigenvalue weighted by Gasteiger charge is -2.05. The van der Waals surface area contributed by atoms with Crippen LogP contribution in [0, 0.1) is 0 Å². The van der Waals surface area contributed by atoms with Crippen LogP contribution in [0.25, 0.3) is 22.1 Å². The SMILES string of the molecule is CNC(=O)c1cc(Sc2nc3ccc(Cl)cc3[nH]2)c2[nH]c(=O)[nH]c2c1. The Hall–Kier alpha value is -2.71. The zero-order chi connectivity index (χ0) is 17.6. The van der Waals surface area contributed by atoms with Crippen LogP contribution in [0.1, 0.15) is 10.4 Å². The highest BCUT2D eigenvalue weighted by atomic mass is 35.5. The number of benzene rings is 2. The molecule has 0 saturated carbocycles. The van der Waals surface area contributed by atoms with E-state index < -0.39 is 0 Å². The topological polar surface area (TPSA) is 106 Å². The van der Waals surface area contributed by atoms with Gasteiger partial charge in [-0.25, -0.2) is 9.78 Å². The van der Waals surface area contributed by atoms with Crippen molar-refractivity contribution in [3.63, 3.8) is 0 Å². The maximum absolute atomic E-state index is 12.0. The first-order valence-corrected chi connectivity index (χ1v) is 8.54. The Kier molecular flexibility index (Phi) is 3.78. The molecule has 0 aliphatic heterocycles. The Morgan fingerprint density at radius 1 is 1.16 bits per heavy atom. The molecule has 126 valence electrons. The fraction of sp³-hybridized carbons (Fsp3) is 0.0625. The van der Waals surface area contributed by atoms with Crippen molar-refractivity contribution in [2.45, 2.75) is 10.1 Å². The van der Waals surface area contributed by atoms with E-state index in [-0.39, 0.29) is 11.6 Å². The van der Waals surface area contributed by atoms with Gasteiger partial charge in [0.05, 0.1) is 22.1 Å². The molecule has 4 N–H and O–H groups in total. The van der Waals surface area contributed by atoms with Gasteiger partial charge < -0.3 is 20.3 Å². The number of aromatic nitrogens is 4. The molecule has 4 aromatic rings. The minimum atomic E-state index is -0.331. The Balaban J connectivity index is 1.83. The van der Waals surface area contributed by atoms with E-state index in [0.29, 0.717) is 31.7 Å². The number of carbonyl (C=O) groups is 1. The number of halogens is 1. The Morgan fingerprint density at radius 3 is 2.80 bits per heavy atom. The van der Waals surface area contributed by atoms with Crippen LogP contribution in [-0.2, 0) is 0 Å². The van der Waals surface area contributed by atoms with Crippen molar-refractivity contribution in [1.29, 1.82) is 0 Å². The van der Waals surface area contributed by atoms with Crippen LogP contribution >= 0.6 is 23.4 Å². The first kappa shape index (κ1) is 15.8. The quantitative estimate of drug-likeness (QED) is 0.443. The van der Waals surface area contributed by atoms with Crippen LogP contribution < -0.4 is 11.0 Å². The van der Waals surface area contributed by atoms with Gasteiger partial charge >= 0.3 is 5.69 Å². The molecule has 4 rings (SSSR count). The fourth-order valence-electron chi connectivity index (χ4n) is 2.58. The molecule has 0 aliphatic carbocycles. The number of H-pyrrole nitrogens is 3. The molecule has 0 saturated heterocycles. The van der Waals surface area contributed by atoms with Crippen LogP contribution in [0.2, 0.25) is 5.02 Å². The largest absolute Gasteiger partial charge is 0.355 e. The third kappa shape index (κ3) is 2.90. The highest BCUT2D eigenvalue weighted by molar-refractivity contribution is 7.99. The summed E-state index contributed by atoms with van der Waals surface area (Å²) in [5.41, 5.74) is 2.91. The number of rotatable bonds is 3. The second kappa shape index (κ2) is 5.98. The summed E-state index contributed by atoms with van der Waals surface area (Å²) in [5, 5.41) is 3.83. The molecule has 0 radical (unpaired) electrons. The molecule has 0 bridgehead atoms. The summed E-state index contributed by atoms with van der Waals surface area (Å²) in [6.45, 7) is 0. The minimum Gasteiger partial charge on any atom is -0.355 e. The first-order valence-electron chi connectivity index (χ1n) is 7.35. The third-order valence-electron chi connectivity index (χ3n) is 3.71. The summed E-state index contributed by atoms with van der Waals surface area (Å²) < 4.78 is 0. The van der Waals surface area contributed by atoms with Gasteiger partial charge in [0.15, 0.2) is 5.16 Å². The lowest BCUT2D eigenvalue weighted by atomic mass is 10.2. The number of nitrogens with one attached hydrogen (secondary N) is 4. The second-order valence-electron chi connectivity index (χ2n) is 5.36. The van der Waals surface area contributed by atoms with Crippen LogP contribution in [0.15, 0.2) is 45.2 Å².